The van der Waals surface area contributed by atoms with E-state index in [4.69, 9.17) is 11.6 Å². The van der Waals surface area contributed by atoms with Crippen LogP contribution in [0.5, 0.6) is 0 Å². The minimum atomic E-state index is -0.417. The second-order valence-electron chi connectivity index (χ2n) is 5.17. The predicted octanol–water partition coefficient (Wildman–Crippen LogP) is 4.98. The molecule has 0 radical (unpaired) electrons. The Labute approximate surface area is 128 Å². The Morgan fingerprint density at radius 2 is 2.00 bits per heavy atom. The van der Waals surface area contributed by atoms with Crippen LogP contribution < -0.4 is 5.32 Å². The molecular formula is C16H17ClN2O2. The van der Waals surface area contributed by atoms with Gasteiger partial charge in [-0.25, -0.2) is 0 Å². The molecule has 110 valence electrons. The van der Waals surface area contributed by atoms with E-state index >= 15 is 0 Å². The molecule has 0 aliphatic carbocycles. The summed E-state index contributed by atoms with van der Waals surface area (Å²) in [5.41, 5.74) is 2.97. The molecule has 2 rings (SSSR count). The molecule has 0 spiro atoms. The fraction of sp³-hybridized carbons (Fsp3) is 0.250. The van der Waals surface area contributed by atoms with E-state index in [0.29, 0.717) is 23.0 Å². The first-order chi connectivity index (χ1) is 9.97. The summed E-state index contributed by atoms with van der Waals surface area (Å²) in [6.07, 6.45) is 0. The van der Waals surface area contributed by atoms with Gasteiger partial charge in [0, 0.05) is 29.4 Å². The first-order valence-electron chi connectivity index (χ1n) is 6.74. The largest absolute Gasteiger partial charge is 0.381 e. The minimum Gasteiger partial charge on any atom is -0.381 e. The fourth-order valence-corrected chi connectivity index (χ4v) is 2.20. The van der Waals surface area contributed by atoms with Gasteiger partial charge in [0.25, 0.3) is 5.69 Å². The van der Waals surface area contributed by atoms with Gasteiger partial charge in [0.1, 0.15) is 0 Å². The summed E-state index contributed by atoms with van der Waals surface area (Å²) in [6.45, 7) is 4.72. The van der Waals surface area contributed by atoms with Crippen molar-refractivity contribution in [3.8, 4) is 0 Å². The van der Waals surface area contributed by atoms with Crippen molar-refractivity contribution in [3.05, 3.63) is 68.7 Å². The van der Waals surface area contributed by atoms with Crippen LogP contribution in [0.15, 0.2) is 42.5 Å². The highest BCUT2D eigenvalue weighted by Crippen LogP contribution is 2.24. The van der Waals surface area contributed by atoms with Crippen LogP contribution in [0.2, 0.25) is 5.02 Å². The molecule has 0 aliphatic rings. The van der Waals surface area contributed by atoms with E-state index in [1.165, 1.54) is 17.7 Å². The highest BCUT2D eigenvalue weighted by atomic mass is 35.5. The Hall–Kier alpha value is -2.07. The van der Waals surface area contributed by atoms with Crippen molar-refractivity contribution in [2.75, 3.05) is 5.32 Å². The summed E-state index contributed by atoms with van der Waals surface area (Å²) in [7, 11) is 0. The standard InChI is InChI=1S/C16H17ClN2O2/c1-11(2)12-4-3-5-14(8-12)18-10-13-9-15(19(20)21)6-7-16(13)17/h3-9,11,18H,10H2,1-2H3. The first-order valence-corrected chi connectivity index (χ1v) is 7.12. The average Bonchev–Trinajstić information content (AvgIpc) is 2.46. The number of benzene rings is 2. The molecule has 0 fully saturated rings. The Bertz CT molecular complexity index is 656. The number of anilines is 1. The van der Waals surface area contributed by atoms with Gasteiger partial charge in [0.05, 0.1) is 4.92 Å². The van der Waals surface area contributed by atoms with Crippen LogP contribution in [-0.4, -0.2) is 4.92 Å². The van der Waals surface area contributed by atoms with Crippen LogP contribution >= 0.6 is 11.6 Å². The number of nitro benzene ring substituents is 1. The zero-order valence-electron chi connectivity index (χ0n) is 12.0. The van der Waals surface area contributed by atoms with Crippen molar-refractivity contribution in [2.45, 2.75) is 26.3 Å². The second kappa shape index (κ2) is 6.59. The molecule has 0 bridgehead atoms. The maximum absolute atomic E-state index is 10.8. The second-order valence-corrected chi connectivity index (χ2v) is 5.57. The molecule has 4 nitrogen and oxygen atoms in total. The number of nitrogens with zero attached hydrogens (tertiary/aromatic N) is 1. The number of nitro groups is 1. The smallest absolute Gasteiger partial charge is 0.269 e. The molecule has 0 aliphatic heterocycles. The Morgan fingerprint density at radius 1 is 1.24 bits per heavy atom. The zero-order valence-corrected chi connectivity index (χ0v) is 12.7. The van der Waals surface area contributed by atoms with Crippen molar-refractivity contribution < 1.29 is 4.92 Å². The third kappa shape index (κ3) is 3.95. The van der Waals surface area contributed by atoms with Crippen molar-refractivity contribution in [1.29, 1.82) is 0 Å². The van der Waals surface area contributed by atoms with Gasteiger partial charge < -0.3 is 5.32 Å². The van der Waals surface area contributed by atoms with Crippen molar-refractivity contribution in [2.24, 2.45) is 0 Å². The third-order valence-electron chi connectivity index (χ3n) is 3.28. The van der Waals surface area contributed by atoms with E-state index in [1.54, 1.807) is 6.07 Å². The molecule has 2 aromatic rings. The van der Waals surface area contributed by atoms with Gasteiger partial charge >= 0.3 is 0 Å². The molecule has 0 heterocycles. The highest BCUT2D eigenvalue weighted by molar-refractivity contribution is 6.31. The summed E-state index contributed by atoms with van der Waals surface area (Å²) < 4.78 is 0. The maximum Gasteiger partial charge on any atom is 0.269 e. The molecule has 0 amide bonds. The fourth-order valence-electron chi connectivity index (χ4n) is 2.02. The van der Waals surface area contributed by atoms with Crippen LogP contribution in [0, 0.1) is 10.1 Å². The van der Waals surface area contributed by atoms with Crippen LogP contribution in [-0.2, 0) is 6.54 Å². The Balaban J connectivity index is 2.14. The zero-order chi connectivity index (χ0) is 15.4. The molecule has 1 N–H and O–H groups in total. The first kappa shape index (κ1) is 15.3. The lowest BCUT2D eigenvalue weighted by Gasteiger charge is -2.11. The van der Waals surface area contributed by atoms with E-state index < -0.39 is 4.92 Å². The van der Waals surface area contributed by atoms with Crippen LogP contribution in [0.3, 0.4) is 0 Å². The topological polar surface area (TPSA) is 55.2 Å². The van der Waals surface area contributed by atoms with E-state index in [9.17, 15) is 10.1 Å². The van der Waals surface area contributed by atoms with Gasteiger partial charge in [-0.2, -0.15) is 0 Å². The summed E-state index contributed by atoms with van der Waals surface area (Å²) >= 11 is 6.09. The summed E-state index contributed by atoms with van der Waals surface area (Å²) in [4.78, 5) is 10.4. The Kier molecular flexibility index (Phi) is 4.81. The maximum atomic E-state index is 10.8. The van der Waals surface area contributed by atoms with Crippen LogP contribution in [0.1, 0.15) is 30.9 Å². The Morgan fingerprint density at radius 3 is 2.67 bits per heavy atom. The molecular weight excluding hydrogens is 288 g/mol. The number of halogens is 1. The van der Waals surface area contributed by atoms with E-state index in [1.807, 2.05) is 12.1 Å². The average molecular weight is 305 g/mol. The van der Waals surface area contributed by atoms with Crippen LogP contribution in [0.4, 0.5) is 11.4 Å². The number of nitrogens with one attached hydrogen (secondary N) is 1. The van der Waals surface area contributed by atoms with Gasteiger partial charge in [-0.15, -0.1) is 0 Å². The minimum absolute atomic E-state index is 0.0483. The van der Waals surface area contributed by atoms with Gasteiger partial charge in [-0.1, -0.05) is 37.6 Å². The number of non-ortho nitro benzene ring substituents is 1. The molecule has 5 heteroatoms. The number of hydrogen-bond acceptors (Lipinski definition) is 3. The van der Waals surface area contributed by atoms with E-state index in [2.05, 4.69) is 31.3 Å². The summed E-state index contributed by atoms with van der Waals surface area (Å²) in [5, 5.41) is 14.6. The lowest BCUT2D eigenvalue weighted by atomic mass is 10.0. The van der Waals surface area contributed by atoms with Gasteiger partial charge in [-0.05, 0) is 35.2 Å². The monoisotopic (exact) mass is 304 g/mol. The van der Waals surface area contributed by atoms with Gasteiger partial charge in [-0.3, -0.25) is 10.1 Å². The van der Waals surface area contributed by atoms with Gasteiger partial charge in [0.2, 0.25) is 0 Å². The predicted molar refractivity (Wildman–Crippen MR) is 86.0 cm³/mol. The number of rotatable bonds is 5. The lowest BCUT2D eigenvalue weighted by molar-refractivity contribution is -0.384. The third-order valence-corrected chi connectivity index (χ3v) is 3.65. The van der Waals surface area contributed by atoms with Gasteiger partial charge in [0.15, 0.2) is 0 Å². The number of hydrogen-bond donors (Lipinski definition) is 1. The molecule has 0 unspecified atom stereocenters. The highest BCUT2D eigenvalue weighted by Gasteiger charge is 2.09. The quantitative estimate of drug-likeness (QED) is 0.626. The van der Waals surface area contributed by atoms with E-state index in [0.717, 1.165) is 5.69 Å². The lowest BCUT2D eigenvalue weighted by Crippen LogP contribution is -2.02. The summed E-state index contributed by atoms with van der Waals surface area (Å²) in [5.74, 6) is 0.452. The molecule has 0 aromatic heterocycles. The molecule has 21 heavy (non-hydrogen) atoms. The molecule has 0 saturated carbocycles. The molecule has 2 aromatic carbocycles. The SMILES string of the molecule is CC(C)c1cccc(NCc2cc([N+](=O)[O-])ccc2Cl)c1. The van der Waals surface area contributed by atoms with Crippen molar-refractivity contribution in [3.63, 3.8) is 0 Å². The van der Waals surface area contributed by atoms with Crippen LogP contribution in [0.25, 0.3) is 0 Å². The van der Waals surface area contributed by atoms with E-state index in [-0.39, 0.29) is 5.69 Å². The van der Waals surface area contributed by atoms with Crippen molar-refractivity contribution >= 4 is 23.0 Å². The molecule has 0 saturated heterocycles. The summed E-state index contributed by atoms with van der Waals surface area (Å²) in [6, 6.07) is 12.6. The molecule has 0 atom stereocenters. The van der Waals surface area contributed by atoms with Crippen molar-refractivity contribution in [1.82, 2.24) is 0 Å². The normalized spacial score (nSPS) is 10.7.